The maximum atomic E-state index is 5.68. The van der Waals surface area contributed by atoms with Gasteiger partial charge in [0.2, 0.25) is 0 Å². The van der Waals surface area contributed by atoms with Gasteiger partial charge in [0.25, 0.3) is 0 Å². The molecule has 1 aromatic carbocycles. The van der Waals surface area contributed by atoms with Crippen LogP contribution in [-0.2, 0) is 4.74 Å². The molecule has 0 aliphatic rings. The van der Waals surface area contributed by atoms with E-state index in [2.05, 4.69) is 55.7 Å². The topological polar surface area (TPSA) is 33.3 Å². The van der Waals surface area contributed by atoms with Gasteiger partial charge in [-0.2, -0.15) is 0 Å². The molecule has 0 fully saturated rings. The van der Waals surface area contributed by atoms with E-state index in [9.17, 15) is 0 Å². The van der Waals surface area contributed by atoms with Crippen molar-refractivity contribution in [3.63, 3.8) is 0 Å². The summed E-state index contributed by atoms with van der Waals surface area (Å²) in [6.07, 6.45) is 10.6. The van der Waals surface area contributed by atoms with Crippen LogP contribution >= 0.6 is 0 Å². The molecule has 0 radical (unpaired) electrons. The quantitative estimate of drug-likeness (QED) is 0.382. The standard InChI is InChI=1S/C21H38N2O/c1-4-6-7-8-9-10-16-22-20-12-14-21(15-13-20)23-17-11-18-24-19(3)5-2/h12-15,19,22-23H,4-11,16-18H2,1-3H3. The van der Waals surface area contributed by atoms with E-state index >= 15 is 0 Å². The van der Waals surface area contributed by atoms with Gasteiger partial charge in [0.05, 0.1) is 6.10 Å². The van der Waals surface area contributed by atoms with Crippen LogP contribution in [0.5, 0.6) is 0 Å². The molecule has 3 nitrogen and oxygen atoms in total. The summed E-state index contributed by atoms with van der Waals surface area (Å²) in [4.78, 5) is 0. The second-order valence-corrected chi connectivity index (χ2v) is 6.64. The van der Waals surface area contributed by atoms with E-state index in [0.717, 1.165) is 32.5 Å². The predicted octanol–water partition coefficient (Wildman–Crippen LogP) is 6.08. The van der Waals surface area contributed by atoms with E-state index in [1.54, 1.807) is 0 Å². The highest BCUT2D eigenvalue weighted by atomic mass is 16.5. The number of hydrogen-bond donors (Lipinski definition) is 2. The molecule has 1 rings (SSSR count). The first-order valence-corrected chi connectivity index (χ1v) is 9.95. The predicted molar refractivity (Wildman–Crippen MR) is 107 cm³/mol. The van der Waals surface area contributed by atoms with Crippen LogP contribution in [0.3, 0.4) is 0 Å². The fraction of sp³-hybridized carbons (Fsp3) is 0.714. The van der Waals surface area contributed by atoms with Gasteiger partial charge in [-0.3, -0.25) is 0 Å². The van der Waals surface area contributed by atoms with Crippen LogP contribution in [0, 0.1) is 0 Å². The third-order valence-corrected chi connectivity index (χ3v) is 4.37. The minimum atomic E-state index is 0.377. The van der Waals surface area contributed by atoms with E-state index in [1.165, 1.54) is 49.9 Å². The highest BCUT2D eigenvalue weighted by Gasteiger charge is 1.98. The molecule has 0 aliphatic carbocycles. The molecule has 0 aromatic heterocycles. The molecule has 1 atom stereocenters. The Balaban J connectivity index is 2.06. The summed E-state index contributed by atoms with van der Waals surface area (Å²) in [5, 5.41) is 6.96. The monoisotopic (exact) mass is 334 g/mol. The van der Waals surface area contributed by atoms with Crippen LogP contribution in [0.25, 0.3) is 0 Å². The molecule has 0 saturated carbocycles. The number of unbranched alkanes of at least 4 members (excludes halogenated alkanes) is 5. The smallest absolute Gasteiger partial charge is 0.0544 e. The molecule has 2 N–H and O–H groups in total. The first-order valence-electron chi connectivity index (χ1n) is 9.95. The lowest BCUT2D eigenvalue weighted by Gasteiger charge is -2.12. The summed E-state index contributed by atoms with van der Waals surface area (Å²) < 4.78 is 5.68. The molecular weight excluding hydrogens is 296 g/mol. The zero-order chi connectivity index (χ0) is 17.5. The summed E-state index contributed by atoms with van der Waals surface area (Å²) in [6, 6.07) is 8.63. The summed E-state index contributed by atoms with van der Waals surface area (Å²) in [6.45, 7) is 9.42. The Kier molecular flexibility index (Phi) is 12.3. The van der Waals surface area contributed by atoms with Crippen LogP contribution in [-0.4, -0.2) is 25.8 Å². The first-order chi connectivity index (χ1) is 11.8. The number of ether oxygens (including phenoxy) is 1. The minimum Gasteiger partial charge on any atom is -0.385 e. The van der Waals surface area contributed by atoms with Crippen LogP contribution in [0.1, 0.15) is 72.1 Å². The van der Waals surface area contributed by atoms with Gasteiger partial charge in [-0.05, 0) is 50.5 Å². The number of rotatable bonds is 15. The molecule has 1 unspecified atom stereocenters. The van der Waals surface area contributed by atoms with E-state index in [-0.39, 0.29) is 0 Å². The summed E-state index contributed by atoms with van der Waals surface area (Å²) in [5.41, 5.74) is 2.40. The van der Waals surface area contributed by atoms with Crippen molar-refractivity contribution < 1.29 is 4.74 Å². The third kappa shape index (κ3) is 10.5. The minimum absolute atomic E-state index is 0.377. The SMILES string of the molecule is CCCCCCCCNc1ccc(NCCCOC(C)CC)cc1. The van der Waals surface area contributed by atoms with Gasteiger partial charge in [0, 0.05) is 31.1 Å². The maximum absolute atomic E-state index is 5.68. The number of nitrogens with one attached hydrogen (secondary N) is 2. The molecule has 3 heteroatoms. The molecule has 24 heavy (non-hydrogen) atoms. The molecule has 0 amide bonds. The van der Waals surface area contributed by atoms with Gasteiger partial charge in [-0.1, -0.05) is 46.0 Å². The number of anilines is 2. The van der Waals surface area contributed by atoms with E-state index in [1.807, 2.05) is 0 Å². The largest absolute Gasteiger partial charge is 0.385 e. The lowest BCUT2D eigenvalue weighted by atomic mass is 10.1. The van der Waals surface area contributed by atoms with Crippen molar-refractivity contribution in [1.82, 2.24) is 0 Å². The Labute approximate surface area is 149 Å². The van der Waals surface area contributed by atoms with Crippen molar-refractivity contribution in [3.05, 3.63) is 24.3 Å². The molecule has 0 heterocycles. The van der Waals surface area contributed by atoms with E-state index in [0.29, 0.717) is 6.10 Å². The average Bonchev–Trinajstić information content (AvgIpc) is 2.61. The Morgan fingerprint density at radius 3 is 1.92 bits per heavy atom. The average molecular weight is 335 g/mol. The van der Waals surface area contributed by atoms with Crippen molar-refractivity contribution in [2.24, 2.45) is 0 Å². The van der Waals surface area contributed by atoms with Crippen LogP contribution in [0.15, 0.2) is 24.3 Å². The Morgan fingerprint density at radius 2 is 1.33 bits per heavy atom. The van der Waals surface area contributed by atoms with E-state index < -0.39 is 0 Å². The maximum Gasteiger partial charge on any atom is 0.0544 e. The Morgan fingerprint density at radius 1 is 0.792 bits per heavy atom. The van der Waals surface area contributed by atoms with Crippen molar-refractivity contribution in [3.8, 4) is 0 Å². The van der Waals surface area contributed by atoms with E-state index in [4.69, 9.17) is 4.74 Å². The fourth-order valence-electron chi connectivity index (χ4n) is 2.55. The summed E-state index contributed by atoms with van der Waals surface area (Å²) in [5.74, 6) is 0. The molecule has 0 saturated heterocycles. The van der Waals surface area contributed by atoms with Crippen LogP contribution in [0.2, 0.25) is 0 Å². The second kappa shape index (κ2) is 14.2. The van der Waals surface area contributed by atoms with Gasteiger partial charge >= 0.3 is 0 Å². The Hall–Kier alpha value is -1.22. The lowest BCUT2D eigenvalue weighted by Crippen LogP contribution is -2.11. The van der Waals surface area contributed by atoms with Crippen LogP contribution < -0.4 is 10.6 Å². The van der Waals surface area contributed by atoms with Gasteiger partial charge < -0.3 is 15.4 Å². The summed E-state index contributed by atoms with van der Waals surface area (Å²) in [7, 11) is 0. The molecule has 138 valence electrons. The zero-order valence-corrected chi connectivity index (χ0v) is 16.1. The van der Waals surface area contributed by atoms with Crippen molar-refractivity contribution in [2.75, 3.05) is 30.3 Å². The highest BCUT2D eigenvalue weighted by Crippen LogP contribution is 2.14. The van der Waals surface area contributed by atoms with Crippen molar-refractivity contribution in [2.45, 2.75) is 78.2 Å². The zero-order valence-electron chi connectivity index (χ0n) is 16.1. The number of hydrogen-bond acceptors (Lipinski definition) is 3. The molecule has 1 aromatic rings. The molecule has 0 aliphatic heterocycles. The van der Waals surface area contributed by atoms with Gasteiger partial charge in [0.1, 0.15) is 0 Å². The van der Waals surface area contributed by atoms with Gasteiger partial charge in [-0.25, -0.2) is 0 Å². The summed E-state index contributed by atoms with van der Waals surface area (Å²) >= 11 is 0. The first kappa shape index (κ1) is 20.8. The van der Waals surface area contributed by atoms with Crippen molar-refractivity contribution >= 4 is 11.4 Å². The molecule has 0 spiro atoms. The van der Waals surface area contributed by atoms with Crippen LogP contribution in [0.4, 0.5) is 11.4 Å². The number of benzene rings is 1. The van der Waals surface area contributed by atoms with Gasteiger partial charge in [0.15, 0.2) is 0 Å². The Bertz CT molecular complexity index is 391. The highest BCUT2D eigenvalue weighted by molar-refractivity contribution is 5.53. The second-order valence-electron chi connectivity index (χ2n) is 6.64. The third-order valence-electron chi connectivity index (χ3n) is 4.37. The fourth-order valence-corrected chi connectivity index (χ4v) is 2.55. The molecule has 0 bridgehead atoms. The lowest BCUT2D eigenvalue weighted by molar-refractivity contribution is 0.0635. The van der Waals surface area contributed by atoms with Gasteiger partial charge in [-0.15, -0.1) is 0 Å². The molecular formula is C21H38N2O. The normalized spacial score (nSPS) is 12.1. The van der Waals surface area contributed by atoms with Crippen molar-refractivity contribution in [1.29, 1.82) is 0 Å².